The maximum absolute atomic E-state index is 13.1. The molecule has 0 saturated heterocycles. The monoisotopic (exact) mass is 220 g/mol. The number of nitrogens with one attached hydrogen (secondary N) is 1. The number of halogens is 1. The Labute approximate surface area is 92.8 Å². The van der Waals surface area contributed by atoms with Crippen LogP contribution in [0.4, 0.5) is 10.1 Å². The van der Waals surface area contributed by atoms with Crippen molar-refractivity contribution in [3.05, 3.63) is 29.6 Å². The fraction of sp³-hybridized carbons (Fsp3) is 0.417. The van der Waals surface area contributed by atoms with E-state index in [0.717, 1.165) is 25.2 Å². The molecule has 1 aromatic carbocycles. The van der Waals surface area contributed by atoms with Gasteiger partial charge in [-0.1, -0.05) is 0 Å². The molecule has 3 nitrogen and oxygen atoms in total. The van der Waals surface area contributed by atoms with Crippen molar-refractivity contribution in [3.8, 4) is 0 Å². The summed E-state index contributed by atoms with van der Waals surface area (Å²) in [6, 6.07) is 3.93. The van der Waals surface area contributed by atoms with Gasteiger partial charge in [-0.15, -0.1) is 0 Å². The molecule has 0 aliphatic heterocycles. The summed E-state index contributed by atoms with van der Waals surface area (Å²) in [5.74, 6) is 0.116. The summed E-state index contributed by atoms with van der Waals surface area (Å²) in [6.07, 6.45) is 3.22. The Kier molecular flexibility index (Phi) is 1.79. The molecule has 3 saturated carbocycles. The number of nitrogen functional groups attached to an aromatic ring is 1. The van der Waals surface area contributed by atoms with Crippen molar-refractivity contribution in [1.82, 2.24) is 5.32 Å². The van der Waals surface area contributed by atoms with Crippen LogP contribution in [0.1, 0.15) is 29.6 Å². The van der Waals surface area contributed by atoms with Crippen molar-refractivity contribution >= 4 is 11.6 Å². The molecule has 0 atom stereocenters. The number of carbonyl (C=O) groups is 1. The van der Waals surface area contributed by atoms with E-state index in [2.05, 4.69) is 5.32 Å². The summed E-state index contributed by atoms with van der Waals surface area (Å²) < 4.78 is 13.1. The van der Waals surface area contributed by atoms with Gasteiger partial charge in [-0.2, -0.15) is 0 Å². The minimum atomic E-state index is -0.470. The van der Waals surface area contributed by atoms with Crippen LogP contribution >= 0.6 is 0 Å². The fourth-order valence-electron chi connectivity index (χ4n) is 2.69. The molecule has 0 aromatic heterocycles. The Balaban J connectivity index is 1.77. The lowest BCUT2D eigenvalue weighted by Gasteiger charge is -2.61. The molecule has 1 aromatic rings. The molecule has 0 heterocycles. The molecule has 0 spiro atoms. The van der Waals surface area contributed by atoms with Gasteiger partial charge in [0.25, 0.3) is 5.91 Å². The number of hydrogen-bond donors (Lipinski definition) is 2. The van der Waals surface area contributed by atoms with E-state index in [1.807, 2.05) is 0 Å². The Bertz CT molecular complexity index is 435. The van der Waals surface area contributed by atoms with Crippen molar-refractivity contribution in [2.24, 2.45) is 5.92 Å². The van der Waals surface area contributed by atoms with Crippen LogP contribution in [-0.4, -0.2) is 11.4 Å². The lowest BCUT2D eigenvalue weighted by molar-refractivity contribution is -0.0438. The largest absolute Gasteiger partial charge is 0.399 e. The molecule has 4 rings (SSSR count). The normalized spacial score (nSPS) is 30.2. The van der Waals surface area contributed by atoms with Crippen LogP contribution in [-0.2, 0) is 0 Å². The Morgan fingerprint density at radius 3 is 2.56 bits per heavy atom. The summed E-state index contributed by atoms with van der Waals surface area (Å²) in [4.78, 5) is 11.8. The minimum Gasteiger partial charge on any atom is -0.399 e. The summed E-state index contributed by atoms with van der Waals surface area (Å²) in [5.41, 5.74) is 6.10. The van der Waals surface area contributed by atoms with E-state index in [4.69, 9.17) is 5.73 Å². The molecule has 4 heteroatoms. The number of carbonyl (C=O) groups excluding carboxylic acids is 1. The van der Waals surface area contributed by atoms with Gasteiger partial charge in [-0.25, -0.2) is 4.39 Å². The first-order valence-electron chi connectivity index (χ1n) is 5.45. The third-order valence-corrected chi connectivity index (χ3v) is 3.60. The number of amides is 1. The zero-order chi connectivity index (χ0) is 11.3. The van der Waals surface area contributed by atoms with Gasteiger partial charge in [0.1, 0.15) is 5.82 Å². The summed E-state index contributed by atoms with van der Waals surface area (Å²) in [5, 5.41) is 2.97. The molecule has 0 radical (unpaired) electrons. The highest BCUT2D eigenvalue weighted by atomic mass is 19.1. The Morgan fingerprint density at radius 2 is 2.06 bits per heavy atom. The Hall–Kier alpha value is -1.58. The van der Waals surface area contributed by atoms with Crippen molar-refractivity contribution < 1.29 is 9.18 Å². The highest BCUT2D eigenvalue weighted by Crippen LogP contribution is 2.56. The average molecular weight is 220 g/mol. The number of anilines is 1. The van der Waals surface area contributed by atoms with E-state index >= 15 is 0 Å². The summed E-state index contributed by atoms with van der Waals surface area (Å²) >= 11 is 0. The molecule has 1 amide bonds. The summed E-state index contributed by atoms with van der Waals surface area (Å²) in [6.45, 7) is 0. The van der Waals surface area contributed by atoms with Crippen LogP contribution < -0.4 is 11.1 Å². The quantitative estimate of drug-likeness (QED) is 0.745. The van der Waals surface area contributed by atoms with Crippen molar-refractivity contribution in [2.75, 3.05) is 5.73 Å². The van der Waals surface area contributed by atoms with Gasteiger partial charge < -0.3 is 11.1 Å². The Morgan fingerprint density at radius 1 is 1.38 bits per heavy atom. The molecule has 84 valence electrons. The van der Waals surface area contributed by atoms with Gasteiger partial charge in [0, 0.05) is 16.8 Å². The molecule has 3 fully saturated rings. The fourth-order valence-corrected chi connectivity index (χ4v) is 2.69. The predicted octanol–water partition coefficient (Wildman–Crippen LogP) is 1.69. The zero-order valence-corrected chi connectivity index (χ0v) is 8.79. The van der Waals surface area contributed by atoms with Gasteiger partial charge in [0.05, 0.1) is 0 Å². The zero-order valence-electron chi connectivity index (χ0n) is 8.79. The van der Waals surface area contributed by atoms with Crippen molar-refractivity contribution in [1.29, 1.82) is 0 Å². The second kappa shape index (κ2) is 2.97. The van der Waals surface area contributed by atoms with Crippen molar-refractivity contribution in [3.63, 3.8) is 0 Å². The van der Waals surface area contributed by atoms with E-state index in [0.29, 0.717) is 5.56 Å². The first-order chi connectivity index (χ1) is 7.56. The molecular weight excluding hydrogens is 207 g/mol. The van der Waals surface area contributed by atoms with Gasteiger partial charge >= 0.3 is 0 Å². The van der Waals surface area contributed by atoms with Gasteiger partial charge in [-0.05, 0) is 43.4 Å². The van der Waals surface area contributed by atoms with Crippen LogP contribution in [0.3, 0.4) is 0 Å². The van der Waals surface area contributed by atoms with Crippen LogP contribution in [0.25, 0.3) is 0 Å². The van der Waals surface area contributed by atoms with Gasteiger partial charge in [0.15, 0.2) is 0 Å². The number of hydrogen-bond acceptors (Lipinski definition) is 2. The number of nitrogens with two attached hydrogens (primary N) is 1. The van der Waals surface area contributed by atoms with Gasteiger partial charge in [-0.3, -0.25) is 4.79 Å². The van der Waals surface area contributed by atoms with Crippen LogP contribution in [0.2, 0.25) is 0 Å². The first-order valence-corrected chi connectivity index (χ1v) is 5.45. The maximum atomic E-state index is 13.1. The van der Waals surface area contributed by atoms with Gasteiger partial charge in [0.2, 0.25) is 0 Å². The molecule has 3 N–H and O–H groups in total. The summed E-state index contributed by atoms with van der Waals surface area (Å²) in [7, 11) is 0. The van der Waals surface area contributed by atoms with Crippen LogP contribution in [0, 0.1) is 11.7 Å². The molecule has 3 aliphatic rings. The van der Waals surface area contributed by atoms with E-state index in [1.165, 1.54) is 18.2 Å². The molecule has 2 bridgehead atoms. The highest BCUT2D eigenvalue weighted by molar-refractivity contribution is 5.95. The second-order valence-electron chi connectivity index (χ2n) is 4.99. The number of benzene rings is 1. The smallest absolute Gasteiger partial charge is 0.251 e. The van der Waals surface area contributed by atoms with E-state index in [1.54, 1.807) is 0 Å². The molecule has 0 unspecified atom stereocenters. The molecule has 16 heavy (non-hydrogen) atoms. The highest BCUT2D eigenvalue weighted by Gasteiger charge is 2.57. The maximum Gasteiger partial charge on any atom is 0.251 e. The first kappa shape index (κ1) is 9.63. The topological polar surface area (TPSA) is 55.1 Å². The lowest BCUT2D eigenvalue weighted by atomic mass is 9.50. The standard InChI is InChI=1S/C12H13FN2O/c13-9-1-8(2-10(14)3-9)11(16)15-12-4-7(5-12)6-12/h1-3,7H,4-6,14H2,(H,15,16). The predicted molar refractivity (Wildman–Crippen MR) is 58.4 cm³/mol. The average Bonchev–Trinajstić information content (AvgIpc) is 2.07. The second-order valence-corrected chi connectivity index (χ2v) is 4.99. The molecule has 3 aliphatic carbocycles. The van der Waals surface area contributed by atoms with Crippen molar-refractivity contribution in [2.45, 2.75) is 24.8 Å². The molecular formula is C12H13FN2O. The van der Waals surface area contributed by atoms with Crippen LogP contribution in [0.15, 0.2) is 18.2 Å². The van der Waals surface area contributed by atoms with E-state index in [9.17, 15) is 9.18 Å². The van der Waals surface area contributed by atoms with E-state index in [-0.39, 0.29) is 17.1 Å². The van der Waals surface area contributed by atoms with Crippen LogP contribution in [0.5, 0.6) is 0 Å². The lowest BCUT2D eigenvalue weighted by Crippen LogP contribution is -2.68. The minimum absolute atomic E-state index is 0.0167. The third kappa shape index (κ3) is 1.37. The van der Waals surface area contributed by atoms with E-state index < -0.39 is 5.82 Å². The number of rotatable bonds is 2. The third-order valence-electron chi connectivity index (χ3n) is 3.60. The SMILES string of the molecule is Nc1cc(F)cc(C(=O)NC23CC(C2)C3)c1.